The molecule has 1 aromatic carbocycles. The van der Waals surface area contributed by atoms with E-state index in [1.807, 2.05) is 36.6 Å². The first kappa shape index (κ1) is 18.4. The van der Waals surface area contributed by atoms with Gasteiger partial charge in [-0.05, 0) is 45.0 Å². The zero-order valence-electron chi connectivity index (χ0n) is 15.3. The van der Waals surface area contributed by atoms with Gasteiger partial charge in [0.2, 0.25) is 5.78 Å². The van der Waals surface area contributed by atoms with Crippen LogP contribution in [-0.4, -0.2) is 21.4 Å². The third-order valence-corrected chi connectivity index (χ3v) is 4.44. The van der Waals surface area contributed by atoms with Crippen molar-refractivity contribution in [3.8, 4) is 5.75 Å². The number of rotatable bonds is 7. The van der Waals surface area contributed by atoms with Crippen LogP contribution < -0.4 is 4.74 Å². The number of ketones is 1. The molecule has 3 rings (SSSR count). The fourth-order valence-corrected chi connectivity index (χ4v) is 3.00. The molecule has 7 heteroatoms. The van der Waals surface area contributed by atoms with Gasteiger partial charge < -0.3 is 13.7 Å². The Labute approximate surface area is 156 Å². The summed E-state index contributed by atoms with van der Waals surface area (Å²) in [4.78, 5) is 23.2. The summed E-state index contributed by atoms with van der Waals surface area (Å²) in [5.74, 6) is 0.909. The lowest BCUT2D eigenvalue weighted by Crippen LogP contribution is -2.24. The molecule has 27 heavy (non-hydrogen) atoms. The van der Waals surface area contributed by atoms with E-state index in [-0.39, 0.29) is 17.2 Å². The average molecular weight is 368 g/mol. The van der Waals surface area contributed by atoms with Gasteiger partial charge in [0.15, 0.2) is 6.10 Å². The van der Waals surface area contributed by atoms with Crippen LogP contribution in [0.4, 0.5) is 5.69 Å². The summed E-state index contributed by atoms with van der Waals surface area (Å²) < 4.78 is 13.0. The van der Waals surface area contributed by atoms with Crippen molar-refractivity contribution in [1.29, 1.82) is 0 Å². The van der Waals surface area contributed by atoms with Gasteiger partial charge in [0.25, 0.3) is 5.69 Å². The molecule has 140 valence electrons. The first-order valence-corrected chi connectivity index (χ1v) is 8.51. The van der Waals surface area contributed by atoms with Crippen molar-refractivity contribution in [1.82, 2.24) is 4.57 Å². The standard InChI is InChI=1S/C20H20N2O5/c1-13-10-19(14(2)21(13)12-18-8-5-9-26-18)20(23)15(3)27-17-7-4-6-16(11-17)22(24)25/h4-11,15H,12H2,1-3H3/t15-/m1/s1. The molecule has 1 atom stereocenters. The van der Waals surface area contributed by atoms with E-state index in [0.717, 1.165) is 17.1 Å². The molecule has 2 aromatic heterocycles. The average Bonchev–Trinajstić information content (AvgIpc) is 3.25. The van der Waals surface area contributed by atoms with Gasteiger partial charge in [-0.3, -0.25) is 14.9 Å². The molecule has 0 bridgehead atoms. The second-order valence-electron chi connectivity index (χ2n) is 6.33. The quantitative estimate of drug-likeness (QED) is 0.352. The minimum atomic E-state index is -0.774. The fourth-order valence-electron chi connectivity index (χ4n) is 3.00. The first-order valence-electron chi connectivity index (χ1n) is 8.51. The molecule has 0 amide bonds. The van der Waals surface area contributed by atoms with E-state index in [0.29, 0.717) is 12.1 Å². The summed E-state index contributed by atoms with van der Waals surface area (Å²) in [5.41, 5.74) is 2.25. The van der Waals surface area contributed by atoms with Crippen molar-refractivity contribution in [2.24, 2.45) is 0 Å². The smallest absolute Gasteiger partial charge is 0.273 e. The summed E-state index contributed by atoms with van der Waals surface area (Å²) in [6, 6.07) is 11.3. The Morgan fingerprint density at radius 3 is 2.70 bits per heavy atom. The van der Waals surface area contributed by atoms with Crippen LogP contribution in [0.15, 0.2) is 53.1 Å². The maximum absolute atomic E-state index is 12.9. The SMILES string of the molecule is Cc1cc(C(=O)[C@@H](C)Oc2cccc([N+](=O)[O-])c2)c(C)n1Cc1ccco1. The second kappa shape index (κ2) is 7.49. The molecule has 0 saturated carbocycles. The molecule has 0 aliphatic heterocycles. The highest BCUT2D eigenvalue weighted by molar-refractivity contribution is 6.00. The number of carbonyl (C=O) groups excluding carboxylic acids is 1. The Morgan fingerprint density at radius 1 is 1.26 bits per heavy atom. The van der Waals surface area contributed by atoms with Crippen LogP contribution in [0.25, 0.3) is 0 Å². The number of ether oxygens (including phenoxy) is 1. The maximum Gasteiger partial charge on any atom is 0.273 e. The topological polar surface area (TPSA) is 87.5 Å². The van der Waals surface area contributed by atoms with E-state index in [4.69, 9.17) is 9.15 Å². The van der Waals surface area contributed by atoms with Gasteiger partial charge in [-0.25, -0.2) is 0 Å². The van der Waals surface area contributed by atoms with Crippen LogP contribution in [0, 0.1) is 24.0 Å². The third-order valence-electron chi connectivity index (χ3n) is 4.44. The zero-order chi connectivity index (χ0) is 19.6. The van der Waals surface area contributed by atoms with E-state index in [9.17, 15) is 14.9 Å². The lowest BCUT2D eigenvalue weighted by Gasteiger charge is -2.14. The Kier molecular flexibility index (Phi) is 5.12. The maximum atomic E-state index is 12.9. The number of nitro groups is 1. The highest BCUT2D eigenvalue weighted by atomic mass is 16.6. The van der Waals surface area contributed by atoms with Crippen molar-refractivity contribution < 1.29 is 18.9 Å². The van der Waals surface area contributed by atoms with Gasteiger partial charge in [0.05, 0.1) is 23.8 Å². The summed E-state index contributed by atoms with van der Waals surface area (Å²) in [6.07, 6.45) is 0.842. The van der Waals surface area contributed by atoms with E-state index >= 15 is 0 Å². The molecule has 2 heterocycles. The predicted octanol–water partition coefficient (Wildman–Crippen LogP) is 4.30. The van der Waals surface area contributed by atoms with Gasteiger partial charge in [0.1, 0.15) is 11.5 Å². The van der Waals surface area contributed by atoms with Crippen molar-refractivity contribution >= 4 is 11.5 Å². The summed E-state index contributed by atoms with van der Waals surface area (Å²) in [7, 11) is 0. The third kappa shape index (κ3) is 3.92. The fraction of sp³-hybridized carbons (Fsp3) is 0.250. The summed E-state index contributed by atoms with van der Waals surface area (Å²) in [5, 5.41) is 10.9. The zero-order valence-corrected chi connectivity index (χ0v) is 15.3. The van der Waals surface area contributed by atoms with Gasteiger partial charge in [-0.15, -0.1) is 0 Å². The number of non-ortho nitro benzene ring substituents is 1. The van der Waals surface area contributed by atoms with E-state index < -0.39 is 11.0 Å². The van der Waals surface area contributed by atoms with E-state index in [2.05, 4.69) is 0 Å². The second-order valence-corrected chi connectivity index (χ2v) is 6.33. The number of aryl methyl sites for hydroxylation is 1. The van der Waals surface area contributed by atoms with Gasteiger partial charge in [-0.1, -0.05) is 6.07 Å². The van der Waals surface area contributed by atoms with Gasteiger partial charge in [-0.2, -0.15) is 0 Å². The number of benzene rings is 1. The Bertz CT molecular complexity index is 972. The Hall–Kier alpha value is -3.35. The van der Waals surface area contributed by atoms with Gasteiger partial charge in [0, 0.05) is 23.0 Å². The van der Waals surface area contributed by atoms with Crippen LogP contribution in [0.5, 0.6) is 5.75 Å². The molecule has 0 radical (unpaired) electrons. The predicted molar refractivity (Wildman–Crippen MR) is 99.2 cm³/mol. The largest absolute Gasteiger partial charge is 0.482 e. The number of aromatic nitrogens is 1. The minimum absolute atomic E-state index is 0.0798. The molecule has 0 spiro atoms. The van der Waals surface area contributed by atoms with Crippen LogP contribution in [0.1, 0.15) is 34.4 Å². The van der Waals surface area contributed by atoms with Crippen LogP contribution in [0.3, 0.4) is 0 Å². The van der Waals surface area contributed by atoms with E-state index in [1.165, 1.54) is 18.2 Å². The lowest BCUT2D eigenvalue weighted by molar-refractivity contribution is -0.384. The number of nitrogens with zero attached hydrogens (tertiary/aromatic N) is 2. The number of carbonyl (C=O) groups is 1. The molecule has 0 saturated heterocycles. The monoisotopic (exact) mass is 368 g/mol. The Morgan fingerprint density at radius 2 is 2.04 bits per heavy atom. The van der Waals surface area contributed by atoms with Crippen LogP contribution >= 0.6 is 0 Å². The van der Waals surface area contributed by atoms with Gasteiger partial charge >= 0.3 is 0 Å². The number of hydrogen-bond donors (Lipinski definition) is 0. The number of hydrogen-bond acceptors (Lipinski definition) is 5. The number of nitro benzene ring substituents is 1. The molecule has 0 fully saturated rings. The highest BCUT2D eigenvalue weighted by Gasteiger charge is 2.23. The number of furan rings is 1. The number of Topliss-reactive ketones (excluding diaryl/α,β-unsaturated/α-hetero) is 1. The molecule has 0 aliphatic rings. The normalized spacial score (nSPS) is 12.0. The molecule has 7 nitrogen and oxygen atoms in total. The van der Waals surface area contributed by atoms with Crippen molar-refractivity contribution in [3.05, 3.63) is 81.6 Å². The summed E-state index contributed by atoms with van der Waals surface area (Å²) in [6.45, 7) is 5.99. The molecular formula is C20H20N2O5. The molecule has 0 N–H and O–H groups in total. The van der Waals surface area contributed by atoms with Crippen molar-refractivity contribution in [3.63, 3.8) is 0 Å². The minimum Gasteiger partial charge on any atom is -0.482 e. The Balaban J connectivity index is 1.79. The van der Waals surface area contributed by atoms with Crippen LogP contribution in [0.2, 0.25) is 0 Å². The lowest BCUT2D eigenvalue weighted by atomic mass is 10.1. The van der Waals surface area contributed by atoms with Crippen molar-refractivity contribution in [2.75, 3.05) is 0 Å². The molecule has 3 aromatic rings. The molecular weight excluding hydrogens is 348 g/mol. The van der Waals surface area contributed by atoms with Crippen molar-refractivity contribution in [2.45, 2.75) is 33.4 Å². The van der Waals surface area contributed by atoms with E-state index in [1.54, 1.807) is 19.3 Å². The highest BCUT2D eigenvalue weighted by Crippen LogP contribution is 2.23. The first-order chi connectivity index (χ1) is 12.9. The summed E-state index contributed by atoms with van der Waals surface area (Å²) >= 11 is 0. The molecule has 0 unspecified atom stereocenters. The molecule has 0 aliphatic carbocycles. The van der Waals surface area contributed by atoms with Crippen LogP contribution in [-0.2, 0) is 6.54 Å².